The SMILES string of the molecule is CC1(C)[C@H](I)[C@H]1c1noc(C2(C(F)(F)F)CC2)n1. The quantitative estimate of drug-likeness (QED) is 0.589. The van der Waals surface area contributed by atoms with Gasteiger partial charge in [-0.05, 0) is 18.3 Å². The average Bonchev–Trinajstić information content (AvgIpc) is 3.06. The predicted molar refractivity (Wildman–Crippen MR) is 65.6 cm³/mol. The smallest absolute Gasteiger partial charge is 0.338 e. The van der Waals surface area contributed by atoms with Gasteiger partial charge in [-0.25, -0.2) is 0 Å². The van der Waals surface area contributed by atoms with Crippen LogP contribution >= 0.6 is 22.6 Å². The third-order valence-electron chi connectivity index (χ3n) is 4.12. The van der Waals surface area contributed by atoms with Crippen molar-refractivity contribution in [3.63, 3.8) is 0 Å². The standard InChI is InChI=1S/C11H12F3IN2O/c1-9(2)5(6(9)15)7-16-8(18-17-7)10(3-4-10)11(12,13)14/h5-6H,3-4H2,1-2H3/t5-,6+/m0/s1. The molecular formula is C11H12F3IN2O. The van der Waals surface area contributed by atoms with Gasteiger partial charge in [0.25, 0.3) is 0 Å². The van der Waals surface area contributed by atoms with Crippen LogP contribution in [0.25, 0.3) is 0 Å². The first-order valence-corrected chi connectivity index (χ1v) is 6.99. The van der Waals surface area contributed by atoms with Crippen molar-refractivity contribution in [1.29, 1.82) is 0 Å². The zero-order valence-electron chi connectivity index (χ0n) is 9.88. The predicted octanol–water partition coefficient (Wildman–Crippen LogP) is 3.59. The van der Waals surface area contributed by atoms with Crippen LogP contribution in [0.5, 0.6) is 0 Å². The molecule has 2 aliphatic rings. The van der Waals surface area contributed by atoms with Crippen molar-refractivity contribution >= 4 is 22.6 Å². The maximum absolute atomic E-state index is 12.9. The van der Waals surface area contributed by atoms with E-state index in [1.165, 1.54) is 0 Å². The van der Waals surface area contributed by atoms with E-state index < -0.39 is 11.6 Å². The molecule has 0 saturated heterocycles. The Labute approximate surface area is 116 Å². The number of hydrogen-bond donors (Lipinski definition) is 0. The molecule has 7 heteroatoms. The van der Waals surface area contributed by atoms with Crippen LogP contribution in [-0.2, 0) is 5.41 Å². The number of aromatic nitrogens is 2. The van der Waals surface area contributed by atoms with Gasteiger partial charge in [-0.1, -0.05) is 41.6 Å². The topological polar surface area (TPSA) is 38.9 Å². The first-order chi connectivity index (χ1) is 8.20. The highest BCUT2D eigenvalue weighted by molar-refractivity contribution is 14.1. The minimum atomic E-state index is -4.29. The molecule has 0 N–H and O–H groups in total. The second kappa shape index (κ2) is 3.40. The molecule has 1 heterocycles. The molecule has 1 aromatic heterocycles. The van der Waals surface area contributed by atoms with Crippen LogP contribution in [0.3, 0.4) is 0 Å². The van der Waals surface area contributed by atoms with Crippen molar-refractivity contribution in [1.82, 2.24) is 10.1 Å². The van der Waals surface area contributed by atoms with Crippen LogP contribution in [0.2, 0.25) is 0 Å². The second-order valence-corrected chi connectivity index (χ2v) is 7.08. The molecule has 2 fully saturated rings. The summed E-state index contributed by atoms with van der Waals surface area (Å²) in [5, 5.41) is 3.75. The molecule has 0 bridgehead atoms. The number of hydrogen-bond acceptors (Lipinski definition) is 3. The Morgan fingerprint density at radius 3 is 2.28 bits per heavy atom. The largest absolute Gasteiger partial charge is 0.403 e. The van der Waals surface area contributed by atoms with Gasteiger partial charge >= 0.3 is 6.18 Å². The van der Waals surface area contributed by atoms with Gasteiger partial charge in [0.15, 0.2) is 5.82 Å². The zero-order chi connectivity index (χ0) is 13.3. The number of alkyl halides is 4. The minimum absolute atomic E-state index is 0.0383. The first kappa shape index (κ1) is 12.7. The van der Waals surface area contributed by atoms with Crippen molar-refractivity contribution in [3.8, 4) is 0 Å². The van der Waals surface area contributed by atoms with Crippen molar-refractivity contribution in [3.05, 3.63) is 11.7 Å². The lowest BCUT2D eigenvalue weighted by Gasteiger charge is -2.13. The van der Waals surface area contributed by atoms with Gasteiger partial charge in [-0.15, -0.1) is 0 Å². The summed E-state index contributed by atoms with van der Waals surface area (Å²) in [4.78, 5) is 4.02. The monoisotopic (exact) mass is 372 g/mol. The van der Waals surface area contributed by atoms with Gasteiger partial charge in [0.2, 0.25) is 5.89 Å². The first-order valence-electron chi connectivity index (χ1n) is 5.75. The summed E-state index contributed by atoms with van der Waals surface area (Å²) in [5.41, 5.74) is -1.82. The second-order valence-electron chi connectivity index (χ2n) is 5.74. The highest BCUT2D eigenvalue weighted by Gasteiger charge is 2.69. The van der Waals surface area contributed by atoms with Crippen molar-refractivity contribution in [2.45, 2.75) is 48.1 Å². The van der Waals surface area contributed by atoms with Gasteiger partial charge in [-0.2, -0.15) is 18.2 Å². The van der Waals surface area contributed by atoms with Crippen molar-refractivity contribution in [2.75, 3.05) is 0 Å². The third-order valence-corrected chi connectivity index (χ3v) is 6.44. The molecule has 3 rings (SSSR count). The lowest BCUT2D eigenvalue weighted by atomic mass is 10.1. The van der Waals surface area contributed by atoms with E-state index in [0.29, 0.717) is 9.75 Å². The number of rotatable bonds is 2. The van der Waals surface area contributed by atoms with Crippen LogP contribution in [0.15, 0.2) is 4.52 Å². The van der Waals surface area contributed by atoms with E-state index in [9.17, 15) is 13.2 Å². The maximum Gasteiger partial charge on any atom is 0.403 e. The van der Waals surface area contributed by atoms with Crippen LogP contribution in [0, 0.1) is 5.41 Å². The minimum Gasteiger partial charge on any atom is -0.338 e. The van der Waals surface area contributed by atoms with E-state index in [1.54, 1.807) is 0 Å². The fourth-order valence-corrected chi connectivity index (χ4v) is 3.77. The summed E-state index contributed by atoms with van der Waals surface area (Å²) < 4.78 is 43.9. The van der Waals surface area contributed by atoms with Crippen LogP contribution in [-0.4, -0.2) is 20.2 Å². The summed E-state index contributed by atoms with van der Waals surface area (Å²) in [6.45, 7) is 4.11. The van der Waals surface area contributed by atoms with Crippen LogP contribution < -0.4 is 0 Å². The summed E-state index contributed by atoms with van der Waals surface area (Å²) >= 11 is 2.28. The summed E-state index contributed by atoms with van der Waals surface area (Å²) in [6, 6.07) is 0. The van der Waals surface area contributed by atoms with Crippen LogP contribution in [0.4, 0.5) is 13.2 Å². The molecule has 0 radical (unpaired) electrons. The Balaban J connectivity index is 1.88. The highest BCUT2D eigenvalue weighted by Crippen LogP contribution is 2.63. The molecule has 0 amide bonds. The summed E-state index contributed by atoms with van der Waals surface area (Å²) in [6.07, 6.45) is -4.18. The molecule has 100 valence electrons. The Kier molecular flexibility index (Phi) is 2.40. The number of nitrogens with zero attached hydrogens (tertiary/aromatic N) is 2. The van der Waals surface area contributed by atoms with E-state index in [-0.39, 0.29) is 30.1 Å². The van der Waals surface area contributed by atoms with Crippen molar-refractivity contribution in [2.24, 2.45) is 5.41 Å². The molecule has 0 unspecified atom stereocenters. The molecule has 18 heavy (non-hydrogen) atoms. The molecule has 0 aliphatic heterocycles. The Bertz CT molecular complexity index is 493. The van der Waals surface area contributed by atoms with E-state index in [0.717, 1.165) is 0 Å². The van der Waals surface area contributed by atoms with Gasteiger partial charge in [0.1, 0.15) is 5.41 Å². The molecule has 2 saturated carbocycles. The Hall–Kier alpha value is -0.340. The highest BCUT2D eigenvalue weighted by atomic mass is 127. The van der Waals surface area contributed by atoms with Gasteiger partial charge in [0, 0.05) is 9.84 Å². The average molecular weight is 372 g/mol. The Morgan fingerprint density at radius 1 is 1.33 bits per heavy atom. The van der Waals surface area contributed by atoms with E-state index >= 15 is 0 Å². The van der Waals surface area contributed by atoms with E-state index in [4.69, 9.17) is 4.52 Å². The van der Waals surface area contributed by atoms with Gasteiger partial charge in [0.05, 0.1) is 0 Å². The summed E-state index contributed by atoms with van der Waals surface area (Å²) in [5.74, 6) is 0.265. The van der Waals surface area contributed by atoms with Crippen LogP contribution in [0.1, 0.15) is 44.3 Å². The van der Waals surface area contributed by atoms with E-state index in [1.807, 2.05) is 0 Å². The molecule has 2 aliphatic carbocycles. The van der Waals surface area contributed by atoms with Crippen molar-refractivity contribution < 1.29 is 17.7 Å². The molecule has 1 aromatic rings. The Morgan fingerprint density at radius 2 is 1.89 bits per heavy atom. The fourth-order valence-electron chi connectivity index (χ4n) is 2.34. The number of halogens is 4. The summed E-state index contributed by atoms with van der Waals surface area (Å²) in [7, 11) is 0. The lowest BCUT2D eigenvalue weighted by Crippen LogP contribution is -2.29. The van der Waals surface area contributed by atoms with Gasteiger partial charge < -0.3 is 4.52 Å². The third kappa shape index (κ3) is 1.55. The molecule has 0 aromatic carbocycles. The van der Waals surface area contributed by atoms with E-state index in [2.05, 4.69) is 46.6 Å². The lowest BCUT2D eigenvalue weighted by molar-refractivity contribution is -0.166. The molecular weight excluding hydrogens is 360 g/mol. The zero-order valence-corrected chi connectivity index (χ0v) is 12.0. The normalized spacial score (nSPS) is 32.3. The molecule has 0 spiro atoms. The molecule has 3 nitrogen and oxygen atoms in total. The fraction of sp³-hybridized carbons (Fsp3) is 0.818. The maximum atomic E-state index is 12.9. The molecule has 2 atom stereocenters. The van der Waals surface area contributed by atoms with Gasteiger partial charge in [-0.3, -0.25) is 0 Å².